The van der Waals surface area contributed by atoms with Crippen LogP contribution in [0.3, 0.4) is 0 Å². The zero-order valence-corrected chi connectivity index (χ0v) is 11.9. The van der Waals surface area contributed by atoms with Crippen molar-refractivity contribution in [3.8, 4) is 0 Å². The molecule has 0 atom stereocenters. The van der Waals surface area contributed by atoms with E-state index in [1.807, 2.05) is 39.8 Å². The fourth-order valence-corrected chi connectivity index (χ4v) is 1.33. The van der Waals surface area contributed by atoms with Gasteiger partial charge in [0, 0.05) is 22.2 Å². The lowest BCUT2D eigenvalue weighted by Gasteiger charge is -2.04. The van der Waals surface area contributed by atoms with E-state index in [9.17, 15) is 9.70 Å². The Kier molecular flexibility index (Phi) is 6.71. The molecule has 0 fully saturated rings. The number of hydrogen-bond acceptors (Lipinski definition) is 3. The molecule has 98 valence electrons. The third-order valence-corrected chi connectivity index (χ3v) is 2.45. The van der Waals surface area contributed by atoms with Gasteiger partial charge >= 0.3 is 5.91 Å². The van der Waals surface area contributed by atoms with Crippen molar-refractivity contribution in [2.45, 2.75) is 41.5 Å². The average molecular weight is 248 g/mol. The Balaban J connectivity index is 5.39. The van der Waals surface area contributed by atoms with E-state index >= 15 is 0 Å². The van der Waals surface area contributed by atoms with Crippen molar-refractivity contribution in [3.63, 3.8) is 0 Å². The van der Waals surface area contributed by atoms with Gasteiger partial charge in [-0.2, -0.15) is 0 Å². The summed E-state index contributed by atoms with van der Waals surface area (Å²) < 4.78 is 0. The Morgan fingerprint density at radius 1 is 1.06 bits per heavy atom. The topological polar surface area (TPSA) is 58.9 Å². The molecule has 4 heteroatoms. The van der Waals surface area contributed by atoms with E-state index in [1.54, 1.807) is 13.8 Å². The lowest BCUT2D eigenvalue weighted by molar-refractivity contribution is -0.114. The summed E-state index contributed by atoms with van der Waals surface area (Å²) >= 11 is 0. The minimum atomic E-state index is -0.770. The van der Waals surface area contributed by atoms with E-state index in [0.29, 0.717) is 5.70 Å². The summed E-state index contributed by atoms with van der Waals surface area (Å²) in [7, 11) is 0. The van der Waals surface area contributed by atoms with Gasteiger partial charge in [-0.3, -0.25) is 9.79 Å². The van der Waals surface area contributed by atoms with Gasteiger partial charge in [0.2, 0.25) is 0 Å². The standard InChI is InChI=1S/C14H20N2O2/c1-7-13(8-9(2)3)12(6)15-11(5)10(4)14(17)16-18/h7-8H,1-6H3/b11-10+,13-7+,15-12+. The van der Waals surface area contributed by atoms with Crippen LogP contribution in [0.2, 0.25) is 0 Å². The first-order valence-corrected chi connectivity index (χ1v) is 5.75. The van der Waals surface area contributed by atoms with E-state index < -0.39 is 5.91 Å². The first kappa shape index (κ1) is 16.2. The van der Waals surface area contributed by atoms with Crippen molar-refractivity contribution in [2.24, 2.45) is 10.2 Å². The Labute approximate surface area is 108 Å². The highest BCUT2D eigenvalue weighted by atomic mass is 16.3. The monoisotopic (exact) mass is 248 g/mol. The number of hydrogen-bond donors (Lipinski definition) is 0. The molecule has 0 saturated heterocycles. The molecule has 0 aliphatic rings. The number of carbonyl (C=O) groups excluding carboxylic acids is 1. The number of rotatable bonds is 4. The Hall–Kier alpha value is -1.84. The predicted molar refractivity (Wildman–Crippen MR) is 75.5 cm³/mol. The van der Waals surface area contributed by atoms with E-state index in [2.05, 4.69) is 10.2 Å². The number of allylic oxidation sites excluding steroid dienone is 5. The highest BCUT2D eigenvalue weighted by Gasteiger charge is 2.08. The van der Waals surface area contributed by atoms with Crippen LogP contribution in [0.1, 0.15) is 41.5 Å². The fraction of sp³-hybridized carbons (Fsp3) is 0.429. The molecule has 0 radical (unpaired) electrons. The molecular weight excluding hydrogens is 228 g/mol. The molecule has 0 heterocycles. The van der Waals surface area contributed by atoms with Gasteiger partial charge in [0.15, 0.2) is 0 Å². The second-order valence-electron chi connectivity index (χ2n) is 4.27. The van der Waals surface area contributed by atoms with Crippen molar-refractivity contribution in [2.75, 3.05) is 0 Å². The lowest BCUT2D eigenvalue weighted by atomic mass is 10.1. The maximum absolute atomic E-state index is 11.1. The van der Waals surface area contributed by atoms with Gasteiger partial charge in [0.05, 0.1) is 0 Å². The molecule has 0 spiro atoms. The molecule has 0 N–H and O–H groups in total. The quantitative estimate of drug-likeness (QED) is 0.327. The fourth-order valence-electron chi connectivity index (χ4n) is 1.33. The molecule has 0 aliphatic carbocycles. The molecular formula is C14H20N2O2. The number of aliphatic imine (C=N–C) groups is 1. The number of carbonyl (C=O) groups is 1. The SMILES string of the molecule is C/C=C(C=C(C)C)/C(C)=N/C(C)=C(\C)C(=O)N=O. The van der Waals surface area contributed by atoms with Crippen LogP contribution in [-0.4, -0.2) is 11.6 Å². The van der Waals surface area contributed by atoms with Crippen molar-refractivity contribution in [1.29, 1.82) is 0 Å². The number of nitrogens with zero attached hydrogens (tertiary/aromatic N) is 2. The van der Waals surface area contributed by atoms with Crippen molar-refractivity contribution in [1.82, 2.24) is 0 Å². The summed E-state index contributed by atoms with van der Waals surface area (Å²) in [6, 6.07) is 0. The third kappa shape index (κ3) is 4.99. The van der Waals surface area contributed by atoms with Crippen LogP contribution in [0.15, 0.2) is 44.7 Å². The van der Waals surface area contributed by atoms with Crippen LogP contribution in [0.4, 0.5) is 0 Å². The van der Waals surface area contributed by atoms with Gasteiger partial charge in [0.1, 0.15) is 0 Å². The second-order valence-corrected chi connectivity index (χ2v) is 4.27. The van der Waals surface area contributed by atoms with E-state index in [4.69, 9.17) is 0 Å². The van der Waals surface area contributed by atoms with Crippen molar-refractivity contribution in [3.05, 3.63) is 39.5 Å². The van der Waals surface area contributed by atoms with Crippen LogP contribution in [-0.2, 0) is 4.79 Å². The molecule has 1 amide bonds. The van der Waals surface area contributed by atoms with Gasteiger partial charge in [-0.05, 0) is 47.1 Å². The van der Waals surface area contributed by atoms with Crippen LogP contribution in [0.25, 0.3) is 0 Å². The first-order valence-electron chi connectivity index (χ1n) is 5.75. The van der Waals surface area contributed by atoms with Gasteiger partial charge < -0.3 is 0 Å². The average Bonchev–Trinajstić information content (AvgIpc) is 2.33. The van der Waals surface area contributed by atoms with Gasteiger partial charge in [-0.1, -0.05) is 17.7 Å². The highest BCUT2D eigenvalue weighted by molar-refractivity contribution is 6.02. The predicted octanol–water partition coefficient (Wildman–Crippen LogP) is 3.95. The molecule has 0 rings (SSSR count). The zero-order valence-electron chi connectivity index (χ0n) is 11.9. The molecule has 4 nitrogen and oxygen atoms in total. The lowest BCUT2D eigenvalue weighted by Crippen LogP contribution is -2.00. The summed E-state index contributed by atoms with van der Waals surface area (Å²) in [5.74, 6) is -0.770. The molecule has 0 aromatic carbocycles. The zero-order chi connectivity index (χ0) is 14.3. The minimum Gasteiger partial charge on any atom is -0.264 e. The van der Waals surface area contributed by atoms with Crippen LogP contribution >= 0.6 is 0 Å². The molecule has 18 heavy (non-hydrogen) atoms. The molecule has 0 aromatic heterocycles. The van der Waals surface area contributed by atoms with Crippen molar-refractivity contribution >= 4 is 11.6 Å². The van der Waals surface area contributed by atoms with Crippen LogP contribution in [0, 0.1) is 4.91 Å². The Morgan fingerprint density at radius 2 is 1.61 bits per heavy atom. The molecule has 0 unspecified atom stereocenters. The van der Waals surface area contributed by atoms with Crippen LogP contribution < -0.4 is 0 Å². The Morgan fingerprint density at radius 3 is 2.00 bits per heavy atom. The summed E-state index contributed by atoms with van der Waals surface area (Å²) in [5.41, 5.74) is 3.75. The summed E-state index contributed by atoms with van der Waals surface area (Å²) in [6.45, 7) is 11.0. The smallest absolute Gasteiger partial charge is 0.264 e. The Bertz CT molecular complexity index is 462. The molecule has 0 bridgehead atoms. The minimum absolute atomic E-state index is 0.275. The third-order valence-electron chi connectivity index (χ3n) is 2.45. The maximum Gasteiger partial charge on any atom is 0.314 e. The summed E-state index contributed by atoms with van der Waals surface area (Å²) in [4.78, 5) is 25.6. The van der Waals surface area contributed by atoms with Gasteiger partial charge in [0.25, 0.3) is 0 Å². The molecule has 0 saturated carbocycles. The molecule has 0 aliphatic heterocycles. The normalized spacial score (nSPS) is 13.9. The number of amides is 1. The summed E-state index contributed by atoms with van der Waals surface area (Å²) in [6.07, 6.45) is 3.97. The maximum atomic E-state index is 11.1. The van der Waals surface area contributed by atoms with Crippen LogP contribution in [0.5, 0.6) is 0 Å². The first-order chi connectivity index (χ1) is 8.33. The summed E-state index contributed by atoms with van der Waals surface area (Å²) in [5, 5.41) is 2.39. The van der Waals surface area contributed by atoms with Gasteiger partial charge in [-0.15, -0.1) is 4.91 Å². The largest absolute Gasteiger partial charge is 0.314 e. The van der Waals surface area contributed by atoms with E-state index in [1.165, 1.54) is 5.57 Å². The molecule has 0 aromatic rings. The van der Waals surface area contributed by atoms with Gasteiger partial charge in [-0.25, -0.2) is 0 Å². The highest BCUT2D eigenvalue weighted by Crippen LogP contribution is 2.11. The van der Waals surface area contributed by atoms with E-state index in [0.717, 1.165) is 11.3 Å². The van der Waals surface area contributed by atoms with E-state index in [-0.39, 0.29) is 5.57 Å². The second kappa shape index (κ2) is 7.48. The van der Waals surface area contributed by atoms with Crippen molar-refractivity contribution < 1.29 is 4.79 Å². The number of nitroso groups, excluding NO2 is 1.